The van der Waals surface area contributed by atoms with E-state index < -0.39 is 0 Å². The molecule has 0 atom stereocenters. The number of hydrogen-bond donors (Lipinski definition) is 0. The molecule has 2 rings (SSSR count). The molecule has 0 bridgehead atoms. The van der Waals surface area contributed by atoms with Crippen LogP contribution in [0.3, 0.4) is 0 Å². The van der Waals surface area contributed by atoms with Gasteiger partial charge in [0.2, 0.25) is 0 Å². The van der Waals surface area contributed by atoms with Gasteiger partial charge in [-0.2, -0.15) is 5.26 Å². The Kier molecular flexibility index (Phi) is 2.26. The molecule has 0 saturated carbocycles. The highest BCUT2D eigenvalue weighted by molar-refractivity contribution is 5.25. The molecular weight excluding hydrogens is 174 g/mol. The molecule has 1 aromatic carbocycles. The van der Waals surface area contributed by atoms with Crippen LogP contribution in [0.4, 0.5) is 0 Å². The molecule has 0 unspecified atom stereocenters. The number of hydrogen-bond acceptors (Lipinski definition) is 2. The highest BCUT2D eigenvalue weighted by Gasteiger charge is 2.38. The van der Waals surface area contributed by atoms with Gasteiger partial charge in [0.25, 0.3) is 0 Å². The van der Waals surface area contributed by atoms with E-state index >= 15 is 0 Å². The van der Waals surface area contributed by atoms with Gasteiger partial charge in [-0.05, 0) is 18.9 Å². The first-order chi connectivity index (χ1) is 6.74. The van der Waals surface area contributed by atoms with Crippen molar-refractivity contribution in [2.24, 2.45) is 5.41 Å². The number of rotatable bonds is 2. The van der Waals surface area contributed by atoms with Crippen LogP contribution in [0.5, 0.6) is 0 Å². The molecule has 1 heterocycles. The van der Waals surface area contributed by atoms with E-state index in [1.165, 1.54) is 11.1 Å². The van der Waals surface area contributed by atoms with Crippen molar-refractivity contribution in [3.63, 3.8) is 0 Å². The monoisotopic (exact) mass is 187 g/mol. The molecule has 0 spiro atoms. The van der Waals surface area contributed by atoms with Crippen LogP contribution in [0.25, 0.3) is 0 Å². The normalized spacial score (nSPS) is 18.3. The molecule has 1 aliphatic rings. The molecule has 14 heavy (non-hydrogen) atoms. The highest BCUT2D eigenvalue weighted by atomic mass is 16.5. The van der Waals surface area contributed by atoms with E-state index in [1.54, 1.807) is 0 Å². The van der Waals surface area contributed by atoms with E-state index in [2.05, 4.69) is 31.2 Å². The summed E-state index contributed by atoms with van der Waals surface area (Å²) in [5.74, 6) is 0. The first-order valence-electron chi connectivity index (χ1n) is 4.79. The summed E-state index contributed by atoms with van der Waals surface area (Å²) in [7, 11) is 0. The standard InChI is InChI=1S/C12H13NO/c1-10-3-2-4-11(5-10)6-12(7-13)8-14-9-12/h2-5H,6,8-9H2,1H3. The third kappa shape index (κ3) is 1.64. The lowest BCUT2D eigenvalue weighted by molar-refractivity contribution is -0.0765. The molecule has 0 aromatic heterocycles. The quantitative estimate of drug-likeness (QED) is 0.710. The molecule has 2 nitrogen and oxygen atoms in total. The molecule has 0 radical (unpaired) electrons. The van der Waals surface area contributed by atoms with Crippen molar-refractivity contribution in [3.05, 3.63) is 35.4 Å². The van der Waals surface area contributed by atoms with Gasteiger partial charge in [-0.1, -0.05) is 29.8 Å². The lowest BCUT2D eigenvalue weighted by atomic mass is 9.81. The maximum Gasteiger partial charge on any atom is 0.108 e. The van der Waals surface area contributed by atoms with Crippen LogP contribution in [0.15, 0.2) is 24.3 Å². The van der Waals surface area contributed by atoms with Gasteiger partial charge in [-0.15, -0.1) is 0 Å². The minimum atomic E-state index is -0.256. The number of nitrogens with zero attached hydrogens (tertiary/aromatic N) is 1. The van der Waals surface area contributed by atoms with Gasteiger partial charge in [-0.3, -0.25) is 0 Å². The summed E-state index contributed by atoms with van der Waals surface area (Å²) in [5.41, 5.74) is 2.22. The first kappa shape index (κ1) is 9.23. The molecule has 1 aromatic rings. The summed E-state index contributed by atoms with van der Waals surface area (Å²) >= 11 is 0. The van der Waals surface area contributed by atoms with Crippen LogP contribution in [0, 0.1) is 23.7 Å². The van der Waals surface area contributed by atoms with Gasteiger partial charge in [0.15, 0.2) is 0 Å². The summed E-state index contributed by atoms with van der Waals surface area (Å²) in [6.07, 6.45) is 0.811. The summed E-state index contributed by atoms with van der Waals surface area (Å²) in [4.78, 5) is 0. The van der Waals surface area contributed by atoms with Crippen molar-refractivity contribution in [2.75, 3.05) is 13.2 Å². The fourth-order valence-electron chi connectivity index (χ4n) is 1.77. The van der Waals surface area contributed by atoms with Crippen LogP contribution < -0.4 is 0 Å². The fraction of sp³-hybridized carbons (Fsp3) is 0.417. The number of nitriles is 1. The molecule has 72 valence electrons. The van der Waals surface area contributed by atoms with E-state index in [4.69, 9.17) is 10.00 Å². The second kappa shape index (κ2) is 3.43. The molecule has 1 aliphatic heterocycles. The Labute approximate surface area is 84.1 Å². The Balaban J connectivity index is 2.14. The van der Waals surface area contributed by atoms with Crippen molar-refractivity contribution in [1.29, 1.82) is 5.26 Å². The van der Waals surface area contributed by atoms with Crippen LogP contribution in [0.1, 0.15) is 11.1 Å². The average molecular weight is 187 g/mol. The summed E-state index contributed by atoms with van der Waals surface area (Å²) in [6, 6.07) is 10.7. The zero-order chi connectivity index (χ0) is 10.0. The topological polar surface area (TPSA) is 33.0 Å². The number of aryl methyl sites for hydroxylation is 1. The van der Waals surface area contributed by atoms with E-state index in [1.807, 2.05) is 6.07 Å². The first-order valence-corrected chi connectivity index (χ1v) is 4.79. The number of ether oxygens (including phenoxy) is 1. The fourth-order valence-corrected chi connectivity index (χ4v) is 1.77. The van der Waals surface area contributed by atoms with E-state index in [9.17, 15) is 0 Å². The zero-order valence-corrected chi connectivity index (χ0v) is 8.29. The smallest absolute Gasteiger partial charge is 0.108 e. The Bertz CT molecular complexity index is 374. The van der Waals surface area contributed by atoms with E-state index in [0.29, 0.717) is 13.2 Å². The Morgan fingerprint density at radius 3 is 2.79 bits per heavy atom. The maximum atomic E-state index is 9.04. The Hall–Kier alpha value is -1.33. The summed E-state index contributed by atoms with van der Waals surface area (Å²) in [5, 5.41) is 9.04. The summed E-state index contributed by atoms with van der Waals surface area (Å²) < 4.78 is 5.11. The Morgan fingerprint density at radius 2 is 2.29 bits per heavy atom. The zero-order valence-electron chi connectivity index (χ0n) is 8.29. The second-order valence-corrected chi connectivity index (χ2v) is 4.05. The van der Waals surface area contributed by atoms with Gasteiger partial charge < -0.3 is 4.74 Å². The molecule has 1 fully saturated rings. The van der Waals surface area contributed by atoms with Crippen LogP contribution in [-0.2, 0) is 11.2 Å². The average Bonchev–Trinajstić information content (AvgIpc) is 2.11. The minimum Gasteiger partial charge on any atom is -0.378 e. The minimum absolute atomic E-state index is 0.256. The predicted molar refractivity (Wildman–Crippen MR) is 53.7 cm³/mol. The van der Waals surface area contributed by atoms with Crippen LogP contribution in [0.2, 0.25) is 0 Å². The van der Waals surface area contributed by atoms with Crippen molar-refractivity contribution < 1.29 is 4.74 Å². The highest BCUT2D eigenvalue weighted by Crippen LogP contribution is 2.30. The van der Waals surface area contributed by atoms with Gasteiger partial charge >= 0.3 is 0 Å². The largest absolute Gasteiger partial charge is 0.378 e. The van der Waals surface area contributed by atoms with Crippen LogP contribution in [-0.4, -0.2) is 13.2 Å². The Morgan fingerprint density at radius 1 is 1.50 bits per heavy atom. The molecular formula is C12H13NO. The molecule has 1 saturated heterocycles. The van der Waals surface area contributed by atoms with Gasteiger partial charge in [0.1, 0.15) is 5.41 Å². The molecule has 0 aliphatic carbocycles. The molecule has 2 heteroatoms. The van der Waals surface area contributed by atoms with Crippen LogP contribution >= 0.6 is 0 Å². The molecule has 0 N–H and O–H groups in total. The summed E-state index contributed by atoms with van der Waals surface area (Å²) in [6.45, 7) is 3.23. The SMILES string of the molecule is Cc1cccc(CC2(C#N)COC2)c1. The van der Waals surface area contributed by atoms with Gasteiger partial charge in [0.05, 0.1) is 19.3 Å². The third-order valence-electron chi connectivity index (χ3n) is 2.62. The second-order valence-electron chi connectivity index (χ2n) is 4.05. The molecule has 0 amide bonds. The lowest BCUT2D eigenvalue weighted by Gasteiger charge is -2.35. The predicted octanol–water partition coefficient (Wildman–Crippen LogP) is 2.08. The van der Waals surface area contributed by atoms with Crippen molar-refractivity contribution in [1.82, 2.24) is 0 Å². The lowest BCUT2D eigenvalue weighted by Crippen LogP contribution is -2.43. The van der Waals surface area contributed by atoms with E-state index in [-0.39, 0.29) is 5.41 Å². The number of benzene rings is 1. The van der Waals surface area contributed by atoms with Gasteiger partial charge in [0, 0.05) is 0 Å². The van der Waals surface area contributed by atoms with Crippen molar-refractivity contribution >= 4 is 0 Å². The third-order valence-corrected chi connectivity index (χ3v) is 2.62. The van der Waals surface area contributed by atoms with Gasteiger partial charge in [-0.25, -0.2) is 0 Å². The maximum absolute atomic E-state index is 9.04. The van der Waals surface area contributed by atoms with E-state index in [0.717, 1.165) is 6.42 Å². The van der Waals surface area contributed by atoms with Crippen molar-refractivity contribution in [3.8, 4) is 6.07 Å². The van der Waals surface area contributed by atoms with Crippen molar-refractivity contribution in [2.45, 2.75) is 13.3 Å².